The van der Waals surface area contributed by atoms with Crippen LogP contribution in [-0.4, -0.2) is 24.2 Å². The predicted octanol–water partition coefficient (Wildman–Crippen LogP) is 2.27. The number of aliphatic hydroxyl groups excluding tert-OH is 1. The topological polar surface area (TPSA) is 49.3 Å². The van der Waals surface area contributed by atoms with Gasteiger partial charge in [0.2, 0.25) is 5.91 Å². The van der Waals surface area contributed by atoms with Crippen molar-refractivity contribution in [1.29, 1.82) is 0 Å². The number of nitrogens with one attached hydrogen (secondary N) is 1. The standard InChI is InChI=1S/C14H18BrNO2/c15-12-4-1-3-11(9-12)5-8-16-13(18)14(10-17)6-2-7-14/h1,3-4,9,17H,2,5-8,10H2,(H,16,18). The number of rotatable bonds is 5. The number of carbonyl (C=O) groups is 1. The van der Waals surface area contributed by atoms with Crippen LogP contribution in [0.1, 0.15) is 24.8 Å². The number of carbonyl (C=O) groups excluding carboxylic acids is 1. The van der Waals surface area contributed by atoms with Gasteiger partial charge in [0.15, 0.2) is 0 Å². The maximum Gasteiger partial charge on any atom is 0.228 e. The van der Waals surface area contributed by atoms with Gasteiger partial charge in [-0.15, -0.1) is 0 Å². The highest BCUT2D eigenvalue weighted by Gasteiger charge is 2.43. The van der Waals surface area contributed by atoms with Gasteiger partial charge in [-0.05, 0) is 37.0 Å². The Morgan fingerprint density at radius 3 is 2.78 bits per heavy atom. The van der Waals surface area contributed by atoms with Crippen LogP contribution in [0.5, 0.6) is 0 Å². The lowest BCUT2D eigenvalue weighted by atomic mass is 9.68. The van der Waals surface area contributed by atoms with Crippen LogP contribution < -0.4 is 5.32 Å². The first kappa shape index (κ1) is 13.6. The molecule has 0 saturated heterocycles. The molecule has 1 aliphatic rings. The first-order valence-electron chi connectivity index (χ1n) is 6.30. The Morgan fingerprint density at radius 2 is 2.22 bits per heavy atom. The molecule has 1 aliphatic carbocycles. The van der Waals surface area contributed by atoms with Crippen molar-refractivity contribution in [1.82, 2.24) is 5.32 Å². The smallest absolute Gasteiger partial charge is 0.228 e. The fourth-order valence-electron chi connectivity index (χ4n) is 2.26. The van der Waals surface area contributed by atoms with E-state index < -0.39 is 5.41 Å². The highest BCUT2D eigenvalue weighted by atomic mass is 79.9. The minimum Gasteiger partial charge on any atom is -0.395 e. The van der Waals surface area contributed by atoms with Crippen molar-refractivity contribution in [2.45, 2.75) is 25.7 Å². The zero-order valence-electron chi connectivity index (χ0n) is 10.3. The van der Waals surface area contributed by atoms with Gasteiger partial charge >= 0.3 is 0 Å². The summed E-state index contributed by atoms with van der Waals surface area (Å²) in [6.07, 6.45) is 3.48. The van der Waals surface area contributed by atoms with Crippen LogP contribution >= 0.6 is 15.9 Å². The maximum atomic E-state index is 12.0. The molecule has 0 atom stereocenters. The van der Waals surface area contributed by atoms with Crippen LogP contribution in [0.4, 0.5) is 0 Å². The monoisotopic (exact) mass is 311 g/mol. The van der Waals surface area contributed by atoms with Crippen molar-refractivity contribution < 1.29 is 9.90 Å². The molecule has 1 fully saturated rings. The van der Waals surface area contributed by atoms with Gasteiger partial charge in [-0.1, -0.05) is 34.5 Å². The van der Waals surface area contributed by atoms with E-state index in [1.807, 2.05) is 18.2 Å². The molecule has 2 rings (SSSR count). The summed E-state index contributed by atoms with van der Waals surface area (Å²) in [4.78, 5) is 12.0. The first-order valence-corrected chi connectivity index (χ1v) is 7.09. The van der Waals surface area contributed by atoms with Gasteiger partial charge in [-0.2, -0.15) is 0 Å². The molecule has 1 aromatic rings. The Bertz CT molecular complexity index is 424. The Hall–Kier alpha value is -0.870. The van der Waals surface area contributed by atoms with Gasteiger partial charge in [0.05, 0.1) is 12.0 Å². The molecule has 2 N–H and O–H groups in total. The van der Waals surface area contributed by atoms with Crippen LogP contribution in [0.2, 0.25) is 0 Å². The van der Waals surface area contributed by atoms with E-state index >= 15 is 0 Å². The molecule has 0 radical (unpaired) electrons. The average molecular weight is 312 g/mol. The SMILES string of the molecule is O=C(NCCc1cccc(Br)c1)C1(CO)CCC1. The van der Waals surface area contributed by atoms with Crippen molar-refractivity contribution in [3.8, 4) is 0 Å². The summed E-state index contributed by atoms with van der Waals surface area (Å²) in [5, 5.41) is 12.2. The number of aliphatic hydroxyl groups is 1. The van der Waals surface area contributed by atoms with Gasteiger partial charge in [-0.3, -0.25) is 4.79 Å². The van der Waals surface area contributed by atoms with E-state index in [0.717, 1.165) is 30.2 Å². The lowest BCUT2D eigenvalue weighted by molar-refractivity contribution is -0.139. The summed E-state index contributed by atoms with van der Waals surface area (Å²) in [6.45, 7) is 0.590. The van der Waals surface area contributed by atoms with E-state index in [1.54, 1.807) is 0 Å². The molecule has 98 valence electrons. The quantitative estimate of drug-likeness (QED) is 0.876. The Morgan fingerprint density at radius 1 is 1.44 bits per heavy atom. The molecule has 0 spiro atoms. The Balaban J connectivity index is 1.80. The van der Waals surface area contributed by atoms with Crippen molar-refractivity contribution in [2.75, 3.05) is 13.2 Å². The molecular weight excluding hydrogens is 294 g/mol. The molecule has 0 bridgehead atoms. The van der Waals surface area contributed by atoms with Gasteiger partial charge in [-0.25, -0.2) is 0 Å². The summed E-state index contributed by atoms with van der Waals surface area (Å²) in [7, 11) is 0. The molecule has 1 saturated carbocycles. The van der Waals surface area contributed by atoms with Gasteiger partial charge in [0.1, 0.15) is 0 Å². The van der Waals surface area contributed by atoms with Crippen LogP contribution in [0.15, 0.2) is 28.7 Å². The summed E-state index contributed by atoms with van der Waals surface area (Å²) < 4.78 is 1.05. The Labute approximate surface area is 116 Å². The molecule has 0 heterocycles. The van der Waals surface area contributed by atoms with Crippen LogP contribution in [0.25, 0.3) is 0 Å². The molecule has 0 aliphatic heterocycles. The normalized spacial score (nSPS) is 17.0. The largest absolute Gasteiger partial charge is 0.395 e. The second kappa shape index (κ2) is 5.85. The van der Waals surface area contributed by atoms with Crippen molar-refractivity contribution in [2.24, 2.45) is 5.41 Å². The van der Waals surface area contributed by atoms with Gasteiger partial charge < -0.3 is 10.4 Å². The molecule has 4 heteroatoms. The fourth-order valence-corrected chi connectivity index (χ4v) is 2.71. The Kier molecular flexibility index (Phi) is 4.40. The van der Waals surface area contributed by atoms with Gasteiger partial charge in [0, 0.05) is 11.0 Å². The third kappa shape index (κ3) is 2.93. The number of halogens is 1. The molecule has 3 nitrogen and oxygen atoms in total. The number of hydrogen-bond donors (Lipinski definition) is 2. The molecule has 1 amide bonds. The zero-order valence-corrected chi connectivity index (χ0v) is 11.9. The van der Waals surface area contributed by atoms with E-state index in [2.05, 4.69) is 27.3 Å². The minimum absolute atomic E-state index is 0.00578. The first-order chi connectivity index (χ1) is 8.66. The van der Waals surface area contributed by atoms with E-state index in [1.165, 1.54) is 5.56 Å². The zero-order chi connectivity index (χ0) is 13.0. The number of benzene rings is 1. The third-order valence-corrected chi connectivity index (χ3v) is 4.18. The predicted molar refractivity (Wildman–Crippen MR) is 74.2 cm³/mol. The molecule has 0 aromatic heterocycles. The van der Waals surface area contributed by atoms with E-state index in [4.69, 9.17) is 0 Å². The van der Waals surface area contributed by atoms with Crippen molar-refractivity contribution in [3.63, 3.8) is 0 Å². The van der Waals surface area contributed by atoms with Gasteiger partial charge in [0.25, 0.3) is 0 Å². The molecular formula is C14H18BrNO2. The van der Waals surface area contributed by atoms with E-state index in [-0.39, 0.29) is 12.5 Å². The van der Waals surface area contributed by atoms with Crippen LogP contribution in [0, 0.1) is 5.41 Å². The average Bonchev–Trinajstić information content (AvgIpc) is 2.28. The summed E-state index contributed by atoms with van der Waals surface area (Å²) >= 11 is 3.43. The van der Waals surface area contributed by atoms with E-state index in [0.29, 0.717) is 6.54 Å². The second-order valence-electron chi connectivity index (χ2n) is 4.93. The minimum atomic E-state index is -0.489. The fraction of sp³-hybridized carbons (Fsp3) is 0.500. The van der Waals surface area contributed by atoms with Crippen molar-refractivity contribution >= 4 is 21.8 Å². The highest BCUT2D eigenvalue weighted by molar-refractivity contribution is 9.10. The molecule has 0 unspecified atom stereocenters. The lowest BCUT2D eigenvalue weighted by Gasteiger charge is -2.38. The lowest BCUT2D eigenvalue weighted by Crippen LogP contribution is -2.48. The maximum absolute atomic E-state index is 12.0. The van der Waals surface area contributed by atoms with E-state index in [9.17, 15) is 9.90 Å². The summed E-state index contributed by atoms with van der Waals surface area (Å²) in [6, 6.07) is 8.07. The second-order valence-corrected chi connectivity index (χ2v) is 5.84. The highest BCUT2D eigenvalue weighted by Crippen LogP contribution is 2.40. The van der Waals surface area contributed by atoms with Crippen LogP contribution in [-0.2, 0) is 11.2 Å². The van der Waals surface area contributed by atoms with Crippen LogP contribution in [0.3, 0.4) is 0 Å². The summed E-state index contributed by atoms with van der Waals surface area (Å²) in [5.41, 5.74) is 0.702. The summed E-state index contributed by atoms with van der Waals surface area (Å²) in [5.74, 6) is 0.00578. The number of hydrogen-bond acceptors (Lipinski definition) is 2. The third-order valence-electron chi connectivity index (χ3n) is 3.68. The number of amides is 1. The molecule has 1 aromatic carbocycles. The molecule has 18 heavy (non-hydrogen) atoms. The van der Waals surface area contributed by atoms with Crippen molar-refractivity contribution in [3.05, 3.63) is 34.3 Å².